The van der Waals surface area contributed by atoms with Gasteiger partial charge in [-0.1, -0.05) is 32.1 Å². The molecule has 1 nitrogen and oxygen atoms in total. The Morgan fingerprint density at radius 2 is 2.00 bits per heavy atom. The molecule has 0 aliphatic heterocycles. The summed E-state index contributed by atoms with van der Waals surface area (Å²) in [4.78, 5) is 4.74. The normalized spacial score (nSPS) is 12.1. The molecule has 1 rings (SSSR count). The summed E-state index contributed by atoms with van der Waals surface area (Å²) >= 11 is 3.20. The van der Waals surface area contributed by atoms with E-state index in [9.17, 15) is 4.39 Å². The standard InChI is InChI=1S/C7H9FINS/c1-7(2,3)4-5(9)10-6(8)11-4/h1-3H3. The van der Waals surface area contributed by atoms with Crippen LogP contribution in [0.1, 0.15) is 25.6 Å². The lowest BCUT2D eigenvalue weighted by Crippen LogP contribution is -2.10. The van der Waals surface area contributed by atoms with Crippen molar-refractivity contribution in [3.05, 3.63) is 13.8 Å². The molecule has 4 heteroatoms. The van der Waals surface area contributed by atoms with E-state index in [0.29, 0.717) is 0 Å². The fourth-order valence-corrected chi connectivity index (χ4v) is 3.00. The molecular weight excluding hydrogens is 276 g/mol. The summed E-state index contributed by atoms with van der Waals surface area (Å²) in [5, 5.41) is -0.334. The molecule has 0 radical (unpaired) electrons. The fourth-order valence-electron chi connectivity index (χ4n) is 0.740. The van der Waals surface area contributed by atoms with Gasteiger partial charge in [-0.15, -0.1) is 0 Å². The van der Waals surface area contributed by atoms with Gasteiger partial charge in [-0.3, -0.25) is 0 Å². The van der Waals surface area contributed by atoms with E-state index in [2.05, 4.69) is 48.3 Å². The first-order valence-corrected chi connectivity index (χ1v) is 5.13. The third kappa shape index (κ3) is 2.11. The van der Waals surface area contributed by atoms with E-state index in [4.69, 9.17) is 0 Å². The van der Waals surface area contributed by atoms with Crippen LogP contribution >= 0.6 is 33.9 Å². The average Bonchev–Trinajstić information content (AvgIpc) is 2.08. The molecule has 11 heavy (non-hydrogen) atoms. The van der Waals surface area contributed by atoms with Gasteiger partial charge in [-0.25, -0.2) is 4.98 Å². The van der Waals surface area contributed by atoms with Crippen molar-refractivity contribution >= 4 is 33.9 Å². The number of rotatable bonds is 0. The Labute approximate surface area is 83.2 Å². The van der Waals surface area contributed by atoms with Crippen LogP contribution in [0.2, 0.25) is 0 Å². The molecule has 0 unspecified atom stereocenters. The van der Waals surface area contributed by atoms with Crippen LogP contribution in [0.25, 0.3) is 0 Å². The largest absolute Gasteiger partial charge is 0.270 e. The van der Waals surface area contributed by atoms with Crippen molar-refractivity contribution in [2.24, 2.45) is 0 Å². The molecule has 0 atom stereocenters. The smallest absolute Gasteiger partial charge is 0.203 e. The maximum absolute atomic E-state index is 12.6. The molecule has 0 bridgehead atoms. The van der Waals surface area contributed by atoms with E-state index in [0.717, 1.165) is 19.9 Å². The van der Waals surface area contributed by atoms with Crippen LogP contribution in [0.5, 0.6) is 0 Å². The summed E-state index contributed by atoms with van der Waals surface area (Å²) in [6.07, 6.45) is 0. The van der Waals surface area contributed by atoms with Gasteiger partial charge in [0.1, 0.15) is 3.70 Å². The highest BCUT2D eigenvalue weighted by Gasteiger charge is 2.21. The molecule has 0 aliphatic carbocycles. The van der Waals surface area contributed by atoms with Crippen LogP contribution in [0, 0.1) is 8.96 Å². The minimum absolute atomic E-state index is 0.0124. The lowest BCUT2D eigenvalue weighted by Gasteiger charge is -2.15. The highest BCUT2D eigenvalue weighted by molar-refractivity contribution is 14.1. The minimum atomic E-state index is -0.334. The second kappa shape index (κ2) is 2.97. The number of hydrogen-bond acceptors (Lipinski definition) is 2. The first-order valence-electron chi connectivity index (χ1n) is 3.23. The number of halogens is 2. The van der Waals surface area contributed by atoms with E-state index in [1.54, 1.807) is 0 Å². The van der Waals surface area contributed by atoms with Gasteiger partial charge in [0, 0.05) is 4.88 Å². The van der Waals surface area contributed by atoms with Gasteiger partial charge in [-0.2, -0.15) is 4.39 Å². The van der Waals surface area contributed by atoms with Crippen molar-refractivity contribution in [3.8, 4) is 0 Å². The first kappa shape index (κ1) is 9.38. The van der Waals surface area contributed by atoms with Gasteiger partial charge in [0.2, 0.25) is 0 Å². The molecule has 0 amide bonds. The SMILES string of the molecule is CC(C)(C)c1sc(F)nc1I. The topological polar surface area (TPSA) is 12.9 Å². The molecule has 0 fully saturated rings. The first-order chi connectivity index (χ1) is 4.91. The molecule has 1 heterocycles. The van der Waals surface area contributed by atoms with Gasteiger partial charge < -0.3 is 0 Å². The minimum Gasteiger partial charge on any atom is -0.203 e. The predicted octanol–water partition coefficient (Wildman–Crippen LogP) is 3.18. The number of nitrogens with zero attached hydrogens (tertiary/aromatic N) is 1. The van der Waals surface area contributed by atoms with Crippen molar-refractivity contribution in [3.63, 3.8) is 0 Å². The molecule has 0 aromatic carbocycles. The molecule has 0 saturated heterocycles. The highest BCUT2D eigenvalue weighted by Crippen LogP contribution is 2.31. The molecule has 0 aliphatic rings. The molecule has 0 spiro atoms. The summed E-state index contributed by atoms with van der Waals surface area (Å²) in [6, 6.07) is 0. The van der Waals surface area contributed by atoms with Crippen LogP contribution in [0.4, 0.5) is 4.39 Å². The molecular formula is C7H9FINS. The molecule has 1 aromatic heterocycles. The second-order valence-corrected chi connectivity index (χ2v) is 5.31. The van der Waals surface area contributed by atoms with Gasteiger partial charge in [0.25, 0.3) is 5.26 Å². The third-order valence-electron chi connectivity index (χ3n) is 1.24. The van der Waals surface area contributed by atoms with Crippen molar-refractivity contribution < 1.29 is 4.39 Å². The second-order valence-electron chi connectivity index (χ2n) is 3.34. The Morgan fingerprint density at radius 1 is 1.45 bits per heavy atom. The zero-order chi connectivity index (χ0) is 8.65. The van der Waals surface area contributed by atoms with Gasteiger partial charge in [0.05, 0.1) is 0 Å². The zero-order valence-electron chi connectivity index (χ0n) is 6.61. The van der Waals surface area contributed by atoms with Gasteiger partial charge in [-0.05, 0) is 28.0 Å². The average molecular weight is 285 g/mol. The monoisotopic (exact) mass is 285 g/mol. The van der Waals surface area contributed by atoms with Crippen molar-refractivity contribution in [1.29, 1.82) is 0 Å². The summed E-state index contributed by atoms with van der Waals surface area (Å²) < 4.78 is 13.4. The van der Waals surface area contributed by atoms with Gasteiger partial charge >= 0.3 is 0 Å². The predicted molar refractivity (Wildman–Crippen MR) is 53.5 cm³/mol. The molecule has 1 aromatic rings. The summed E-state index contributed by atoms with van der Waals surface area (Å²) in [7, 11) is 0. The summed E-state index contributed by atoms with van der Waals surface area (Å²) in [5.74, 6) is 0. The zero-order valence-corrected chi connectivity index (χ0v) is 9.59. The Kier molecular flexibility index (Phi) is 2.53. The summed E-state index contributed by atoms with van der Waals surface area (Å²) in [6.45, 7) is 6.17. The third-order valence-corrected chi connectivity index (χ3v) is 3.66. The maximum Gasteiger partial charge on any atom is 0.270 e. The molecule has 62 valence electrons. The number of thiazole rings is 1. The fraction of sp³-hybridized carbons (Fsp3) is 0.571. The Balaban J connectivity index is 3.13. The van der Waals surface area contributed by atoms with E-state index in [-0.39, 0.29) is 10.7 Å². The van der Waals surface area contributed by atoms with E-state index >= 15 is 0 Å². The number of aromatic nitrogens is 1. The quantitative estimate of drug-likeness (QED) is 0.667. The van der Waals surface area contributed by atoms with Crippen molar-refractivity contribution in [2.75, 3.05) is 0 Å². The molecule has 0 N–H and O–H groups in total. The van der Waals surface area contributed by atoms with Crippen LogP contribution in [-0.2, 0) is 5.41 Å². The summed E-state index contributed by atoms with van der Waals surface area (Å²) in [5.41, 5.74) is 0.0124. The Morgan fingerprint density at radius 3 is 2.18 bits per heavy atom. The van der Waals surface area contributed by atoms with E-state index in [1.807, 2.05) is 0 Å². The number of hydrogen-bond donors (Lipinski definition) is 0. The lowest BCUT2D eigenvalue weighted by molar-refractivity contribution is 0.596. The highest BCUT2D eigenvalue weighted by atomic mass is 127. The Bertz CT molecular complexity index is 264. The van der Waals surface area contributed by atoms with Crippen LogP contribution < -0.4 is 0 Å². The lowest BCUT2D eigenvalue weighted by atomic mass is 9.96. The van der Waals surface area contributed by atoms with E-state index < -0.39 is 0 Å². The Hall–Kier alpha value is 0.290. The van der Waals surface area contributed by atoms with Crippen LogP contribution in [0.15, 0.2) is 0 Å². The van der Waals surface area contributed by atoms with Gasteiger partial charge in [0.15, 0.2) is 0 Å². The van der Waals surface area contributed by atoms with Crippen molar-refractivity contribution in [2.45, 2.75) is 26.2 Å². The van der Waals surface area contributed by atoms with Crippen LogP contribution in [0.3, 0.4) is 0 Å². The van der Waals surface area contributed by atoms with E-state index in [1.165, 1.54) is 0 Å². The van der Waals surface area contributed by atoms with Crippen LogP contribution in [-0.4, -0.2) is 4.98 Å². The molecule has 0 saturated carbocycles. The maximum atomic E-state index is 12.6. The van der Waals surface area contributed by atoms with Crippen molar-refractivity contribution in [1.82, 2.24) is 4.98 Å².